The molecule has 0 unspecified atom stereocenters. The zero-order chi connectivity index (χ0) is 10.8. The SMILES string of the molecule is CNCC(=O)c1c(O)ccc2c1CCC2. The fourth-order valence-electron chi connectivity index (χ4n) is 2.21. The topological polar surface area (TPSA) is 49.3 Å². The van der Waals surface area contributed by atoms with Crippen molar-refractivity contribution in [3.8, 4) is 5.75 Å². The standard InChI is InChI=1S/C12H15NO2/c1-13-7-11(15)12-9-4-2-3-8(9)5-6-10(12)14/h5-6,13-14H,2-4,7H2,1H3. The molecule has 2 N–H and O–H groups in total. The number of Topliss-reactive ketones (excluding diaryl/α,β-unsaturated/α-hetero) is 1. The van der Waals surface area contributed by atoms with E-state index < -0.39 is 0 Å². The van der Waals surface area contributed by atoms with Crippen LogP contribution in [0.1, 0.15) is 27.9 Å². The van der Waals surface area contributed by atoms with Crippen molar-refractivity contribution in [3.05, 3.63) is 28.8 Å². The average Bonchev–Trinajstić information content (AvgIpc) is 2.65. The van der Waals surface area contributed by atoms with Gasteiger partial charge in [-0.1, -0.05) is 6.07 Å². The van der Waals surface area contributed by atoms with Crippen LogP contribution in [0.2, 0.25) is 0 Å². The van der Waals surface area contributed by atoms with E-state index in [2.05, 4.69) is 5.32 Å². The van der Waals surface area contributed by atoms with Crippen molar-refractivity contribution in [3.63, 3.8) is 0 Å². The minimum atomic E-state index is -0.0197. The summed E-state index contributed by atoms with van der Waals surface area (Å²) in [7, 11) is 1.73. The summed E-state index contributed by atoms with van der Waals surface area (Å²) < 4.78 is 0. The molecule has 2 rings (SSSR count). The van der Waals surface area contributed by atoms with Crippen LogP contribution < -0.4 is 5.32 Å². The number of ketones is 1. The number of phenols is 1. The van der Waals surface area contributed by atoms with Gasteiger partial charge in [0.1, 0.15) is 5.75 Å². The monoisotopic (exact) mass is 205 g/mol. The molecule has 0 heterocycles. The van der Waals surface area contributed by atoms with E-state index in [-0.39, 0.29) is 18.1 Å². The van der Waals surface area contributed by atoms with Crippen molar-refractivity contribution in [1.82, 2.24) is 5.32 Å². The third-order valence-corrected chi connectivity index (χ3v) is 2.88. The second kappa shape index (κ2) is 4.03. The number of hydrogen-bond acceptors (Lipinski definition) is 3. The Bertz CT molecular complexity index is 399. The Kier molecular flexibility index (Phi) is 2.73. The molecule has 0 saturated heterocycles. The Morgan fingerprint density at radius 2 is 2.27 bits per heavy atom. The molecule has 0 aliphatic heterocycles. The Hall–Kier alpha value is -1.35. The maximum atomic E-state index is 11.8. The van der Waals surface area contributed by atoms with Crippen LogP contribution in [0.5, 0.6) is 5.75 Å². The molecule has 15 heavy (non-hydrogen) atoms. The maximum absolute atomic E-state index is 11.8. The van der Waals surface area contributed by atoms with Gasteiger partial charge >= 0.3 is 0 Å². The summed E-state index contributed by atoms with van der Waals surface area (Å²) in [5, 5.41) is 12.5. The smallest absolute Gasteiger partial charge is 0.180 e. The molecule has 0 saturated carbocycles. The maximum Gasteiger partial charge on any atom is 0.180 e. The number of phenolic OH excluding ortho intramolecular Hbond substituents is 1. The van der Waals surface area contributed by atoms with Crippen LogP contribution >= 0.6 is 0 Å². The van der Waals surface area contributed by atoms with E-state index in [9.17, 15) is 9.90 Å². The normalized spacial score (nSPS) is 13.9. The quantitative estimate of drug-likeness (QED) is 0.731. The average molecular weight is 205 g/mol. The van der Waals surface area contributed by atoms with Crippen LogP contribution in [0.3, 0.4) is 0 Å². The van der Waals surface area contributed by atoms with Gasteiger partial charge in [0, 0.05) is 0 Å². The minimum Gasteiger partial charge on any atom is -0.507 e. The number of hydrogen-bond donors (Lipinski definition) is 2. The van der Waals surface area contributed by atoms with Gasteiger partial charge in [-0.05, 0) is 43.5 Å². The number of rotatable bonds is 3. The largest absolute Gasteiger partial charge is 0.507 e. The van der Waals surface area contributed by atoms with Crippen molar-refractivity contribution < 1.29 is 9.90 Å². The Labute approximate surface area is 89.1 Å². The summed E-state index contributed by atoms with van der Waals surface area (Å²) in [6, 6.07) is 3.56. The van der Waals surface area contributed by atoms with E-state index in [4.69, 9.17) is 0 Å². The molecule has 0 fully saturated rings. The van der Waals surface area contributed by atoms with E-state index in [0.29, 0.717) is 5.56 Å². The summed E-state index contributed by atoms with van der Waals surface area (Å²) in [5.74, 6) is 0.102. The molecule has 0 radical (unpaired) electrons. The fourth-order valence-corrected chi connectivity index (χ4v) is 2.21. The van der Waals surface area contributed by atoms with Gasteiger partial charge in [0.05, 0.1) is 12.1 Å². The highest BCUT2D eigenvalue weighted by Crippen LogP contribution is 2.31. The number of likely N-dealkylation sites (N-methyl/N-ethyl adjacent to an activating group) is 1. The van der Waals surface area contributed by atoms with Crippen LogP contribution in [0, 0.1) is 0 Å². The van der Waals surface area contributed by atoms with Crippen molar-refractivity contribution in [2.24, 2.45) is 0 Å². The zero-order valence-electron chi connectivity index (χ0n) is 8.84. The zero-order valence-corrected chi connectivity index (χ0v) is 8.84. The van der Waals surface area contributed by atoms with Gasteiger partial charge in [0.25, 0.3) is 0 Å². The molecule has 80 valence electrons. The summed E-state index contributed by atoms with van der Waals surface area (Å²) in [6.07, 6.45) is 3.02. The van der Waals surface area contributed by atoms with Gasteiger partial charge in [0.15, 0.2) is 5.78 Å². The molecule has 0 aromatic heterocycles. The van der Waals surface area contributed by atoms with E-state index in [1.165, 1.54) is 5.56 Å². The van der Waals surface area contributed by atoms with Gasteiger partial charge < -0.3 is 10.4 Å². The first-order valence-corrected chi connectivity index (χ1v) is 5.25. The number of carbonyl (C=O) groups excluding carboxylic acids is 1. The third-order valence-electron chi connectivity index (χ3n) is 2.88. The number of carbonyl (C=O) groups is 1. The molecule has 3 heteroatoms. The van der Waals surface area contributed by atoms with Gasteiger partial charge in [-0.25, -0.2) is 0 Å². The summed E-state index contributed by atoms with van der Waals surface area (Å²) in [6.45, 7) is 0.282. The van der Waals surface area contributed by atoms with Crippen LogP contribution in [-0.2, 0) is 12.8 Å². The lowest BCUT2D eigenvalue weighted by atomic mass is 9.99. The number of nitrogens with one attached hydrogen (secondary N) is 1. The fraction of sp³-hybridized carbons (Fsp3) is 0.417. The second-order valence-electron chi connectivity index (χ2n) is 3.90. The number of aromatic hydroxyl groups is 1. The first-order chi connectivity index (χ1) is 7.24. The lowest BCUT2D eigenvalue weighted by molar-refractivity contribution is 0.0990. The molecule has 1 aromatic carbocycles. The van der Waals surface area contributed by atoms with Crippen LogP contribution in [-0.4, -0.2) is 24.5 Å². The first-order valence-electron chi connectivity index (χ1n) is 5.25. The summed E-state index contributed by atoms with van der Waals surface area (Å²) >= 11 is 0. The van der Waals surface area contributed by atoms with Gasteiger partial charge in [-0.3, -0.25) is 4.79 Å². The molecule has 1 aliphatic rings. The predicted octanol–water partition coefficient (Wildman–Crippen LogP) is 1.28. The summed E-state index contributed by atoms with van der Waals surface area (Å²) in [5.41, 5.74) is 2.79. The third kappa shape index (κ3) is 1.75. The van der Waals surface area contributed by atoms with E-state index in [1.807, 2.05) is 6.07 Å². The van der Waals surface area contributed by atoms with Crippen LogP contribution in [0.15, 0.2) is 12.1 Å². The number of fused-ring (bicyclic) bond motifs is 1. The van der Waals surface area contributed by atoms with Crippen molar-refractivity contribution >= 4 is 5.78 Å². The van der Waals surface area contributed by atoms with E-state index in [1.54, 1.807) is 13.1 Å². The van der Waals surface area contributed by atoms with Gasteiger partial charge in [0.2, 0.25) is 0 Å². The molecule has 0 spiro atoms. The van der Waals surface area contributed by atoms with Crippen molar-refractivity contribution in [2.75, 3.05) is 13.6 Å². The lowest BCUT2D eigenvalue weighted by Gasteiger charge is -2.09. The Balaban J connectivity index is 2.45. The highest BCUT2D eigenvalue weighted by atomic mass is 16.3. The van der Waals surface area contributed by atoms with Crippen molar-refractivity contribution in [2.45, 2.75) is 19.3 Å². The highest BCUT2D eigenvalue weighted by Gasteiger charge is 2.21. The Morgan fingerprint density at radius 3 is 3.00 bits per heavy atom. The number of benzene rings is 1. The number of aryl methyl sites for hydroxylation is 1. The van der Waals surface area contributed by atoms with Gasteiger partial charge in [-0.15, -0.1) is 0 Å². The molecule has 3 nitrogen and oxygen atoms in total. The molecular formula is C12H15NO2. The molecule has 1 aliphatic carbocycles. The molecule has 1 aromatic rings. The second-order valence-corrected chi connectivity index (χ2v) is 3.90. The Morgan fingerprint density at radius 1 is 1.47 bits per heavy atom. The van der Waals surface area contributed by atoms with Crippen molar-refractivity contribution in [1.29, 1.82) is 0 Å². The van der Waals surface area contributed by atoms with Crippen LogP contribution in [0.25, 0.3) is 0 Å². The minimum absolute atomic E-state index is 0.0197. The first kappa shape index (κ1) is 10.2. The van der Waals surface area contributed by atoms with E-state index in [0.717, 1.165) is 24.8 Å². The lowest BCUT2D eigenvalue weighted by Crippen LogP contribution is -2.20. The highest BCUT2D eigenvalue weighted by molar-refractivity contribution is 6.01. The molecule has 0 atom stereocenters. The summed E-state index contributed by atoms with van der Waals surface area (Å²) in [4.78, 5) is 11.8. The molecule has 0 amide bonds. The predicted molar refractivity (Wildman–Crippen MR) is 58.4 cm³/mol. The molecule has 0 bridgehead atoms. The van der Waals surface area contributed by atoms with Gasteiger partial charge in [-0.2, -0.15) is 0 Å². The van der Waals surface area contributed by atoms with E-state index >= 15 is 0 Å². The molecular weight excluding hydrogens is 190 g/mol. The van der Waals surface area contributed by atoms with Crippen LogP contribution in [0.4, 0.5) is 0 Å².